The van der Waals surface area contributed by atoms with Crippen molar-refractivity contribution in [3.8, 4) is 0 Å². The number of furan rings is 1. The van der Waals surface area contributed by atoms with Crippen molar-refractivity contribution in [2.75, 3.05) is 4.90 Å². The second-order valence-corrected chi connectivity index (χ2v) is 7.06. The van der Waals surface area contributed by atoms with Gasteiger partial charge in [-0.3, -0.25) is 14.5 Å². The summed E-state index contributed by atoms with van der Waals surface area (Å²) >= 11 is 5.94. The van der Waals surface area contributed by atoms with Gasteiger partial charge in [0, 0.05) is 16.3 Å². The molecule has 0 bridgehead atoms. The fraction of sp³-hybridized carbons (Fsp3) is 0.0909. The van der Waals surface area contributed by atoms with Crippen molar-refractivity contribution >= 4 is 34.7 Å². The van der Waals surface area contributed by atoms with Gasteiger partial charge in [-0.25, -0.2) is 4.39 Å². The van der Waals surface area contributed by atoms with Gasteiger partial charge in [0.2, 0.25) is 0 Å². The first-order valence-corrected chi connectivity index (χ1v) is 9.13. The van der Waals surface area contributed by atoms with E-state index in [4.69, 9.17) is 16.0 Å². The number of amides is 1. The molecule has 146 valence electrons. The van der Waals surface area contributed by atoms with E-state index in [0.29, 0.717) is 22.0 Å². The monoisotopic (exact) mass is 411 g/mol. The standard InChI is InChI=1S/C22H15ClFNO4/c1-12-11-13(4-9-16(12)24)20(26)18-19(17-3-2-10-29-17)25(22(28)21(18)27)15-7-5-14(23)6-8-15/h2-11,19,26H,1H3/b20-18-. The third kappa shape index (κ3) is 3.21. The number of benzene rings is 2. The number of Topliss-reactive ketones (excluding diaryl/α,β-unsaturated/α-hetero) is 1. The lowest BCUT2D eigenvalue weighted by molar-refractivity contribution is -0.132. The average molecular weight is 412 g/mol. The maximum atomic E-state index is 13.6. The van der Waals surface area contributed by atoms with Crippen LogP contribution in [0.2, 0.25) is 5.02 Å². The maximum absolute atomic E-state index is 13.6. The summed E-state index contributed by atoms with van der Waals surface area (Å²) in [4.78, 5) is 27.0. The summed E-state index contributed by atoms with van der Waals surface area (Å²) in [7, 11) is 0. The van der Waals surface area contributed by atoms with Crippen molar-refractivity contribution in [3.05, 3.63) is 94.2 Å². The molecule has 1 atom stereocenters. The molecule has 1 unspecified atom stereocenters. The molecule has 1 aromatic heterocycles. The molecule has 1 amide bonds. The van der Waals surface area contributed by atoms with Crippen molar-refractivity contribution in [1.29, 1.82) is 0 Å². The SMILES string of the molecule is Cc1cc(/C(O)=C2/C(=O)C(=O)N(c3ccc(Cl)cc3)C2c2ccco2)ccc1F. The zero-order chi connectivity index (χ0) is 20.7. The fourth-order valence-electron chi connectivity index (χ4n) is 3.36. The number of rotatable bonds is 3. The lowest BCUT2D eigenvalue weighted by Crippen LogP contribution is -2.29. The van der Waals surface area contributed by atoms with Crippen molar-refractivity contribution < 1.29 is 23.5 Å². The Morgan fingerprint density at radius 1 is 1.14 bits per heavy atom. The van der Waals surface area contributed by atoms with Gasteiger partial charge in [0.1, 0.15) is 23.4 Å². The molecule has 1 N–H and O–H groups in total. The molecular weight excluding hydrogens is 397 g/mol. The quantitative estimate of drug-likeness (QED) is 0.374. The Morgan fingerprint density at radius 3 is 2.48 bits per heavy atom. The zero-order valence-corrected chi connectivity index (χ0v) is 16.0. The van der Waals surface area contributed by atoms with Crippen LogP contribution in [0.1, 0.15) is 22.9 Å². The molecule has 29 heavy (non-hydrogen) atoms. The molecule has 0 aliphatic carbocycles. The van der Waals surface area contributed by atoms with Gasteiger partial charge in [-0.1, -0.05) is 11.6 Å². The molecule has 1 aliphatic heterocycles. The first-order chi connectivity index (χ1) is 13.9. The number of aliphatic hydroxyl groups excluding tert-OH is 1. The summed E-state index contributed by atoms with van der Waals surface area (Å²) in [5, 5.41) is 11.4. The largest absolute Gasteiger partial charge is 0.507 e. The molecule has 1 fully saturated rings. The molecule has 0 radical (unpaired) electrons. The van der Waals surface area contributed by atoms with Crippen molar-refractivity contribution in [3.63, 3.8) is 0 Å². The Hall–Kier alpha value is -3.38. The highest BCUT2D eigenvalue weighted by Gasteiger charge is 2.48. The third-order valence-electron chi connectivity index (χ3n) is 4.79. The Kier molecular flexibility index (Phi) is 4.72. The Bertz CT molecular complexity index is 1140. The van der Waals surface area contributed by atoms with Crippen LogP contribution in [0, 0.1) is 12.7 Å². The normalized spacial score (nSPS) is 18.4. The first kappa shape index (κ1) is 19.0. The number of aliphatic hydroxyl groups is 1. The second-order valence-electron chi connectivity index (χ2n) is 6.62. The van der Waals surface area contributed by atoms with Crippen molar-refractivity contribution in [2.24, 2.45) is 0 Å². The van der Waals surface area contributed by atoms with Crippen molar-refractivity contribution in [1.82, 2.24) is 0 Å². The molecular formula is C22H15ClFNO4. The number of nitrogens with zero attached hydrogens (tertiary/aromatic N) is 1. The van der Waals surface area contributed by atoms with Crippen LogP contribution in [-0.4, -0.2) is 16.8 Å². The van der Waals surface area contributed by atoms with Crippen LogP contribution in [0.5, 0.6) is 0 Å². The van der Waals surface area contributed by atoms with Gasteiger partial charge in [-0.2, -0.15) is 0 Å². The van der Waals surface area contributed by atoms with E-state index in [0.717, 1.165) is 0 Å². The Balaban J connectivity index is 1.92. The van der Waals surface area contributed by atoms with Crippen LogP contribution in [0.3, 0.4) is 0 Å². The van der Waals surface area contributed by atoms with Gasteiger partial charge < -0.3 is 9.52 Å². The van der Waals surface area contributed by atoms with Gasteiger partial charge in [-0.05, 0) is 67.1 Å². The van der Waals surface area contributed by atoms with Gasteiger partial charge in [0.25, 0.3) is 11.7 Å². The summed E-state index contributed by atoms with van der Waals surface area (Å²) in [6.07, 6.45) is 1.42. The molecule has 2 aromatic carbocycles. The molecule has 1 aliphatic rings. The van der Waals surface area contributed by atoms with Crippen molar-refractivity contribution in [2.45, 2.75) is 13.0 Å². The van der Waals surface area contributed by atoms with Gasteiger partial charge in [-0.15, -0.1) is 0 Å². The number of anilines is 1. The highest BCUT2D eigenvalue weighted by Crippen LogP contribution is 2.42. The Morgan fingerprint density at radius 2 is 1.86 bits per heavy atom. The third-order valence-corrected chi connectivity index (χ3v) is 5.05. The summed E-state index contributed by atoms with van der Waals surface area (Å²) < 4.78 is 19.1. The predicted octanol–water partition coefficient (Wildman–Crippen LogP) is 5.01. The van der Waals surface area contributed by atoms with Gasteiger partial charge >= 0.3 is 0 Å². The first-order valence-electron chi connectivity index (χ1n) is 8.75. The van der Waals surface area contributed by atoms with E-state index >= 15 is 0 Å². The number of carbonyl (C=O) groups is 2. The van der Waals surface area contributed by atoms with E-state index in [1.54, 1.807) is 43.3 Å². The maximum Gasteiger partial charge on any atom is 0.300 e. The number of hydrogen-bond donors (Lipinski definition) is 1. The highest BCUT2D eigenvalue weighted by molar-refractivity contribution is 6.51. The van der Waals surface area contributed by atoms with Crippen LogP contribution in [0.15, 0.2) is 70.9 Å². The van der Waals surface area contributed by atoms with E-state index in [9.17, 15) is 19.1 Å². The topological polar surface area (TPSA) is 70.8 Å². The summed E-state index contributed by atoms with van der Waals surface area (Å²) in [6.45, 7) is 1.54. The molecule has 4 rings (SSSR count). The second kappa shape index (κ2) is 7.22. The molecule has 1 saturated heterocycles. The van der Waals surface area contributed by atoms with Gasteiger partial charge in [0.15, 0.2) is 0 Å². The highest BCUT2D eigenvalue weighted by atomic mass is 35.5. The zero-order valence-electron chi connectivity index (χ0n) is 15.2. The lowest BCUT2D eigenvalue weighted by atomic mass is 9.98. The summed E-state index contributed by atoms with van der Waals surface area (Å²) in [5.41, 5.74) is 0.822. The minimum absolute atomic E-state index is 0.133. The molecule has 0 saturated carbocycles. The van der Waals surface area contributed by atoms with E-state index in [1.807, 2.05) is 0 Å². The Labute approximate surface area is 170 Å². The summed E-state index contributed by atoms with van der Waals surface area (Å²) in [6, 6.07) is 12.6. The molecule has 2 heterocycles. The fourth-order valence-corrected chi connectivity index (χ4v) is 3.49. The van der Waals surface area contributed by atoms with Crippen LogP contribution in [0.4, 0.5) is 10.1 Å². The van der Waals surface area contributed by atoms with Crippen LogP contribution in [0.25, 0.3) is 5.76 Å². The lowest BCUT2D eigenvalue weighted by Gasteiger charge is -2.23. The number of ketones is 1. The molecule has 3 aromatic rings. The average Bonchev–Trinajstić information content (AvgIpc) is 3.32. The smallest absolute Gasteiger partial charge is 0.300 e. The number of halogens is 2. The van der Waals surface area contributed by atoms with E-state index < -0.39 is 29.3 Å². The van der Waals surface area contributed by atoms with E-state index in [2.05, 4.69) is 0 Å². The molecule has 7 heteroatoms. The number of hydrogen-bond acceptors (Lipinski definition) is 4. The number of aryl methyl sites for hydroxylation is 1. The minimum atomic E-state index is -0.975. The summed E-state index contributed by atoms with van der Waals surface area (Å²) in [5.74, 6) is -2.20. The van der Waals surface area contributed by atoms with E-state index in [-0.39, 0.29) is 11.1 Å². The molecule has 0 spiro atoms. The van der Waals surface area contributed by atoms with Crippen LogP contribution >= 0.6 is 11.6 Å². The van der Waals surface area contributed by atoms with Gasteiger partial charge in [0.05, 0.1) is 11.8 Å². The van der Waals surface area contributed by atoms with E-state index in [1.165, 1.54) is 29.4 Å². The number of carbonyl (C=O) groups excluding carboxylic acids is 2. The minimum Gasteiger partial charge on any atom is -0.507 e. The molecule has 5 nitrogen and oxygen atoms in total. The van der Waals surface area contributed by atoms with Crippen LogP contribution in [-0.2, 0) is 9.59 Å². The van der Waals surface area contributed by atoms with Crippen LogP contribution < -0.4 is 4.90 Å². The predicted molar refractivity (Wildman–Crippen MR) is 106 cm³/mol.